The summed E-state index contributed by atoms with van der Waals surface area (Å²) in [6.45, 7) is 0.683. The Morgan fingerprint density at radius 3 is 2.48 bits per heavy atom. The van der Waals surface area contributed by atoms with Crippen molar-refractivity contribution in [3.8, 4) is 0 Å². The summed E-state index contributed by atoms with van der Waals surface area (Å²) in [6, 6.07) is 7.88. The summed E-state index contributed by atoms with van der Waals surface area (Å²) in [5.41, 5.74) is 0.396. The molecule has 166 valence electrons. The molecule has 1 aliphatic rings. The number of benzene rings is 2. The quantitative estimate of drug-likeness (QED) is 0.404. The van der Waals surface area contributed by atoms with Gasteiger partial charge >= 0.3 is 6.18 Å². The molecule has 0 amide bonds. The van der Waals surface area contributed by atoms with E-state index in [4.69, 9.17) is 4.74 Å². The maximum absolute atomic E-state index is 13.0. The summed E-state index contributed by atoms with van der Waals surface area (Å²) >= 11 is 0. The van der Waals surface area contributed by atoms with Crippen molar-refractivity contribution in [3.05, 3.63) is 63.7 Å². The van der Waals surface area contributed by atoms with Crippen LogP contribution in [0.5, 0.6) is 0 Å². The van der Waals surface area contributed by atoms with Gasteiger partial charge in [0.2, 0.25) is 10.0 Å². The van der Waals surface area contributed by atoms with Gasteiger partial charge in [0.15, 0.2) is 0 Å². The Morgan fingerprint density at radius 1 is 1.16 bits per heavy atom. The molecule has 0 bridgehead atoms. The average Bonchev–Trinajstić information content (AvgIpc) is 2.74. The van der Waals surface area contributed by atoms with Gasteiger partial charge in [0, 0.05) is 24.7 Å². The van der Waals surface area contributed by atoms with Crippen LogP contribution in [0.2, 0.25) is 0 Å². The highest BCUT2D eigenvalue weighted by molar-refractivity contribution is 7.89. The number of nitro benzene ring substituents is 1. The summed E-state index contributed by atoms with van der Waals surface area (Å²) in [4.78, 5) is 10.3. The minimum absolute atomic E-state index is 0.124. The van der Waals surface area contributed by atoms with Crippen LogP contribution < -0.4 is 5.43 Å². The van der Waals surface area contributed by atoms with Crippen LogP contribution in [-0.2, 0) is 20.9 Å². The zero-order valence-corrected chi connectivity index (χ0v) is 16.7. The number of hydrogen-bond donors (Lipinski definition) is 1. The first-order valence-electron chi connectivity index (χ1n) is 8.92. The fourth-order valence-electron chi connectivity index (χ4n) is 2.89. The van der Waals surface area contributed by atoms with E-state index in [2.05, 4.69) is 10.5 Å². The van der Waals surface area contributed by atoms with Crippen LogP contribution in [0.3, 0.4) is 0 Å². The predicted molar refractivity (Wildman–Crippen MR) is 105 cm³/mol. The molecule has 31 heavy (non-hydrogen) atoms. The third-order valence-corrected chi connectivity index (χ3v) is 6.32. The highest BCUT2D eigenvalue weighted by Crippen LogP contribution is 2.32. The number of nitrogens with zero attached hydrogens (tertiary/aromatic N) is 3. The third kappa shape index (κ3) is 5.18. The molecule has 0 aliphatic carbocycles. The number of hydrogen-bond acceptors (Lipinski definition) is 7. The van der Waals surface area contributed by atoms with Gasteiger partial charge in [-0.2, -0.15) is 22.6 Å². The number of halogens is 3. The highest BCUT2D eigenvalue weighted by Gasteiger charge is 2.32. The molecular weight excluding hydrogens is 441 g/mol. The fourth-order valence-corrected chi connectivity index (χ4v) is 4.32. The van der Waals surface area contributed by atoms with Crippen molar-refractivity contribution in [2.45, 2.75) is 11.1 Å². The van der Waals surface area contributed by atoms with Crippen LogP contribution in [0.1, 0.15) is 11.1 Å². The Bertz CT molecular complexity index is 1100. The number of nitrogens with one attached hydrogen (secondary N) is 1. The smallest absolute Gasteiger partial charge is 0.379 e. The van der Waals surface area contributed by atoms with E-state index >= 15 is 0 Å². The molecule has 0 spiro atoms. The second-order valence-corrected chi connectivity index (χ2v) is 8.35. The van der Waals surface area contributed by atoms with Crippen molar-refractivity contribution in [3.63, 3.8) is 0 Å². The van der Waals surface area contributed by atoms with E-state index in [1.807, 2.05) is 0 Å². The van der Waals surface area contributed by atoms with Gasteiger partial charge in [-0.05, 0) is 18.2 Å². The molecule has 3 rings (SSSR count). The third-order valence-electron chi connectivity index (χ3n) is 4.43. The summed E-state index contributed by atoms with van der Waals surface area (Å²) in [6.07, 6.45) is -3.71. The number of nitro groups is 1. The van der Waals surface area contributed by atoms with Gasteiger partial charge in [0.05, 0.1) is 34.8 Å². The van der Waals surface area contributed by atoms with Gasteiger partial charge in [-0.3, -0.25) is 15.5 Å². The van der Waals surface area contributed by atoms with Crippen LogP contribution in [0.25, 0.3) is 0 Å². The molecule has 0 saturated carbocycles. The number of anilines is 1. The van der Waals surface area contributed by atoms with Crippen LogP contribution in [0.15, 0.2) is 52.5 Å². The maximum Gasteiger partial charge on any atom is 0.417 e. The van der Waals surface area contributed by atoms with Gasteiger partial charge < -0.3 is 4.74 Å². The van der Waals surface area contributed by atoms with Crippen molar-refractivity contribution in [2.24, 2.45) is 5.10 Å². The van der Waals surface area contributed by atoms with E-state index in [-0.39, 0.29) is 42.4 Å². The SMILES string of the molecule is O=[N+]([O-])c1cc(S(=O)(=O)N2CCOCC2)ccc1NN=Cc1ccccc1C(F)(F)F. The summed E-state index contributed by atoms with van der Waals surface area (Å²) in [5.74, 6) is 0. The second kappa shape index (κ2) is 8.99. The Balaban J connectivity index is 1.86. The van der Waals surface area contributed by atoms with Crippen molar-refractivity contribution < 1.29 is 31.2 Å². The van der Waals surface area contributed by atoms with Crippen LogP contribution in [0, 0.1) is 10.1 Å². The molecule has 0 unspecified atom stereocenters. The standard InChI is InChI=1S/C18H17F3N4O5S/c19-18(20,21)15-4-2-1-3-13(15)12-22-23-16-6-5-14(11-17(16)25(26)27)31(28,29)24-7-9-30-10-8-24/h1-6,11-12,23H,7-10H2. The fraction of sp³-hybridized carbons (Fsp3) is 0.278. The Hall–Kier alpha value is -3.03. The lowest BCUT2D eigenvalue weighted by Gasteiger charge is -2.26. The second-order valence-electron chi connectivity index (χ2n) is 6.41. The number of sulfonamides is 1. The van der Waals surface area contributed by atoms with E-state index in [1.54, 1.807) is 0 Å². The lowest BCUT2D eigenvalue weighted by atomic mass is 10.1. The molecule has 0 aromatic heterocycles. The van der Waals surface area contributed by atoms with E-state index < -0.39 is 32.4 Å². The number of rotatable bonds is 6. The van der Waals surface area contributed by atoms with Crippen molar-refractivity contribution in [1.29, 1.82) is 0 Å². The molecule has 1 heterocycles. The Morgan fingerprint density at radius 2 is 1.84 bits per heavy atom. The van der Waals surface area contributed by atoms with Crippen molar-refractivity contribution in [2.75, 3.05) is 31.7 Å². The zero-order valence-electron chi connectivity index (χ0n) is 15.9. The van der Waals surface area contributed by atoms with Crippen LogP contribution in [0.4, 0.5) is 24.5 Å². The number of ether oxygens (including phenoxy) is 1. The van der Waals surface area contributed by atoms with Gasteiger partial charge in [-0.15, -0.1) is 0 Å². The molecule has 1 saturated heterocycles. The molecule has 0 atom stereocenters. The molecular formula is C18H17F3N4O5S. The van der Waals surface area contributed by atoms with E-state index in [0.29, 0.717) is 0 Å². The monoisotopic (exact) mass is 458 g/mol. The van der Waals surface area contributed by atoms with Gasteiger partial charge in [0.25, 0.3) is 5.69 Å². The van der Waals surface area contributed by atoms with E-state index in [0.717, 1.165) is 28.7 Å². The topological polar surface area (TPSA) is 114 Å². The predicted octanol–water partition coefficient (Wildman–Crippen LogP) is 3.08. The van der Waals surface area contributed by atoms with Gasteiger partial charge in [-0.25, -0.2) is 8.42 Å². The molecule has 1 fully saturated rings. The summed E-state index contributed by atoms with van der Waals surface area (Å²) in [7, 11) is -3.96. The molecule has 2 aromatic carbocycles. The lowest BCUT2D eigenvalue weighted by molar-refractivity contribution is -0.384. The number of alkyl halides is 3. The molecule has 0 radical (unpaired) electrons. The van der Waals surface area contributed by atoms with E-state index in [9.17, 15) is 31.7 Å². The molecule has 9 nitrogen and oxygen atoms in total. The Labute approximate surface area is 175 Å². The van der Waals surface area contributed by atoms with Crippen LogP contribution in [-0.4, -0.2) is 50.2 Å². The van der Waals surface area contributed by atoms with Gasteiger partial charge in [0.1, 0.15) is 5.69 Å². The minimum Gasteiger partial charge on any atom is -0.379 e. The largest absolute Gasteiger partial charge is 0.417 e. The maximum atomic E-state index is 13.0. The molecule has 1 aliphatic heterocycles. The van der Waals surface area contributed by atoms with E-state index in [1.165, 1.54) is 24.3 Å². The zero-order chi connectivity index (χ0) is 22.6. The number of morpholine rings is 1. The van der Waals surface area contributed by atoms with Crippen molar-refractivity contribution in [1.82, 2.24) is 4.31 Å². The normalized spacial score (nSPS) is 15.8. The first kappa shape index (κ1) is 22.7. The minimum atomic E-state index is -4.59. The Kier molecular flexibility index (Phi) is 6.57. The molecule has 1 N–H and O–H groups in total. The summed E-state index contributed by atoms with van der Waals surface area (Å²) in [5, 5.41) is 15.1. The summed E-state index contributed by atoms with van der Waals surface area (Å²) < 4.78 is 70.8. The lowest BCUT2D eigenvalue weighted by Crippen LogP contribution is -2.40. The number of hydrazone groups is 1. The first-order chi connectivity index (χ1) is 14.6. The van der Waals surface area contributed by atoms with Gasteiger partial charge in [-0.1, -0.05) is 18.2 Å². The highest BCUT2D eigenvalue weighted by atomic mass is 32.2. The van der Waals surface area contributed by atoms with Crippen molar-refractivity contribution >= 4 is 27.6 Å². The van der Waals surface area contributed by atoms with Crippen LogP contribution >= 0.6 is 0 Å². The first-order valence-corrected chi connectivity index (χ1v) is 10.4. The molecule has 2 aromatic rings. The average molecular weight is 458 g/mol. The molecule has 13 heteroatoms.